The van der Waals surface area contributed by atoms with Crippen LogP contribution < -0.4 is 0 Å². The predicted molar refractivity (Wildman–Crippen MR) is 78.2 cm³/mol. The topological polar surface area (TPSA) is 52.7 Å². The van der Waals surface area contributed by atoms with Crippen molar-refractivity contribution >= 4 is 17.5 Å². The van der Waals surface area contributed by atoms with Gasteiger partial charge in [-0.2, -0.15) is 0 Å². The van der Waals surface area contributed by atoms with Crippen LogP contribution in [0.25, 0.3) is 0 Å². The molecule has 0 atom stereocenters. The highest BCUT2D eigenvalue weighted by molar-refractivity contribution is 7.99. The molecule has 0 amide bonds. The largest absolute Gasteiger partial charge is 0.351 e. The first-order valence-electron chi connectivity index (χ1n) is 6.76. The van der Waals surface area contributed by atoms with Crippen molar-refractivity contribution in [3.8, 4) is 0 Å². The molecule has 0 N–H and O–H groups in total. The van der Waals surface area contributed by atoms with Crippen LogP contribution in [0.2, 0.25) is 0 Å². The Balaban J connectivity index is 1.70. The number of ketones is 1. The highest BCUT2D eigenvalue weighted by Crippen LogP contribution is 2.37. The smallest absolute Gasteiger partial charge is 0.191 e. The number of Topliss-reactive ketones (excluding diaryl/α,β-unsaturated/α-hetero) is 1. The molecule has 20 heavy (non-hydrogen) atoms. The van der Waals surface area contributed by atoms with E-state index in [1.807, 2.05) is 31.5 Å². The Morgan fingerprint density at radius 1 is 1.45 bits per heavy atom. The van der Waals surface area contributed by atoms with Gasteiger partial charge in [-0.05, 0) is 32.8 Å². The fourth-order valence-electron chi connectivity index (χ4n) is 2.28. The second kappa shape index (κ2) is 5.09. The maximum Gasteiger partial charge on any atom is 0.191 e. The van der Waals surface area contributed by atoms with Crippen molar-refractivity contribution in [2.75, 3.05) is 5.75 Å². The molecule has 2 aromatic heterocycles. The average molecular weight is 290 g/mol. The number of carbonyl (C=O) groups is 1. The van der Waals surface area contributed by atoms with Crippen LogP contribution in [-0.4, -0.2) is 30.9 Å². The van der Waals surface area contributed by atoms with E-state index in [4.69, 9.17) is 0 Å². The number of rotatable bonds is 5. The molecule has 1 saturated carbocycles. The Bertz CT molecular complexity index is 654. The zero-order valence-electron chi connectivity index (χ0n) is 12.0. The maximum atomic E-state index is 12.3. The van der Waals surface area contributed by atoms with Gasteiger partial charge in [0, 0.05) is 30.0 Å². The second-order valence-electron chi connectivity index (χ2n) is 5.31. The van der Waals surface area contributed by atoms with Gasteiger partial charge in [-0.15, -0.1) is 10.2 Å². The van der Waals surface area contributed by atoms with Crippen molar-refractivity contribution in [3.05, 3.63) is 29.3 Å². The van der Waals surface area contributed by atoms with Crippen LogP contribution in [0.3, 0.4) is 0 Å². The molecule has 1 aliphatic carbocycles. The van der Waals surface area contributed by atoms with Crippen molar-refractivity contribution in [2.24, 2.45) is 7.05 Å². The van der Waals surface area contributed by atoms with Crippen molar-refractivity contribution < 1.29 is 4.79 Å². The Hall–Kier alpha value is -1.56. The first-order valence-corrected chi connectivity index (χ1v) is 7.75. The summed E-state index contributed by atoms with van der Waals surface area (Å²) >= 11 is 1.48. The van der Waals surface area contributed by atoms with Gasteiger partial charge in [-0.3, -0.25) is 4.79 Å². The molecular weight excluding hydrogens is 272 g/mol. The summed E-state index contributed by atoms with van der Waals surface area (Å²) in [6, 6.07) is 2.51. The van der Waals surface area contributed by atoms with Crippen molar-refractivity contribution in [1.82, 2.24) is 19.3 Å². The van der Waals surface area contributed by atoms with E-state index in [1.54, 1.807) is 6.33 Å². The molecule has 0 aromatic carbocycles. The number of hydrogen-bond acceptors (Lipinski definition) is 4. The molecule has 1 aliphatic rings. The zero-order chi connectivity index (χ0) is 14.3. The SMILES string of the molecule is Cc1cc(C(=O)CSc2nncn2C2CC2)c(C)n1C. The summed E-state index contributed by atoms with van der Waals surface area (Å²) in [6.07, 6.45) is 4.15. The highest BCUT2D eigenvalue weighted by atomic mass is 32.2. The fourth-order valence-corrected chi connectivity index (χ4v) is 3.15. The summed E-state index contributed by atoms with van der Waals surface area (Å²) in [5.41, 5.74) is 2.95. The number of aromatic nitrogens is 4. The average Bonchev–Trinajstić information content (AvgIpc) is 3.12. The van der Waals surface area contributed by atoms with Gasteiger partial charge in [0.15, 0.2) is 10.9 Å². The van der Waals surface area contributed by atoms with Gasteiger partial charge in [0.1, 0.15) is 6.33 Å². The molecule has 1 fully saturated rings. The minimum absolute atomic E-state index is 0.154. The number of aryl methyl sites for hydroxylation is 1. The van der Waals surface area contributed by atoms with E-state index in [0.29, 0.717) is 11.8 Å². The van der Waals surface area contributed by atoms with Crippen molar-refractivity contribution in [1.29, 1.82) is 0 Å². The third-order valence-corrected chi connectivity index (χ3v) is 4.85. The second-order valence-corrected chi connectivity index (χ2v) is 6.25. The van der Waals surface area contributed by atoms with Gasteiger partial charge < -0.3 is 9.13 Å². The normalized spacial score (nSPS) is 14.8. The molecule has 0 spiro atoms. The lowest BCUT2D eigenvalue weighted by Gasteiger charge is -2.04. The standard InChI is InChI=1S/C14H18N4OS/c1-9-6-12(10(2)17(9)3)13(19)7-20-14-16-15-8-18(14)11-4-5-11/h6,8,11H,4-5,7H2,1-3H3. The zero-order valence-corrected chi connectivity index (χ0v) is 12.8. The van der Waals surface area contributed by atoms with E-state index in [9.17, 15) is 4.79 Å². The first-order chi connectivity index (χ1) is 9.58. The number of nitrogens with zero attached hydrogens (tertiary/aromatic N) is 4. The lowest BCUT2D eigenvalue weighted by Crippen LogP contribution is -2.06. The summed E-state index contributed by atoms with van der Waals surface area (Å²) in [7, 11) is 1.98. The molecule has 5 nitrogen and oxygen atoms in total. The Labute approximate surface area is 122 Å². The van der Waals surface area contributed by atoms with Gasteiger partial charge >= 0.3 is 0 Å². The third kappa shape index (κ3) is 2.40. The summed E-state index contributed by atoms with van der Waals surface area (Å²) in [5.74, 6) is 0.567. The Morgan fingerprint density at radius 2 is 2.20 bits per heavy atom. The molecule has 106 valence electrons. The summed E-state index contributed by atoms with van der Waals surface area (Å²) in [4.78, 5) is 12.3. The molecule has 2 heterocycles. The molecular formula is C14H18N4OS. The summed E-state index contributed by atoms with van der Waals surface area (Å²) in [5, 5.41) is 8.91. The van der Waals surface area contributed by atoms with Crippen molar-refractivity contribution in [3.63, 3.8) is 0 Å². The Morgan fingerprint density at radius 3 is 2.80 bits per heavy atom. The minimum Gasteiger partial charge on any atom is -0.351 e. The number of hydrogen-bond donors (Lipinski definition) is 0. The van der Waals surface area contributed by atoms with Crippen LogP contribution in [0, 0.1) is 13.8 Å². The van der Waals surface area contributed by atoms with Crippen LogP contribution in [-0.2, 0) is 7.05 Å². The lowest BCUT2D eigenvalue weighted by atomic mass is 10.2. The number of thioether (sulfide) groups is 1. The van der Waals surface area contributed by atoms with E-state index in [0.717, 1.165) is 22.1 Å². The molecule has 2 aromatic rings. The van der Waals surface area contributed by atoms with Crippen LogP contribution in [0.1, 0.15) is 40.6 Å². The third-order valence-electron chi connectivity index (χ3n) is 3.89. The highest BCUT2D eigenvalue weighted by Gasteiger charge is 2.26. The molecule has 3 rings (SSSR count). The quantitative estimate of drug-likeness (QED) is 0.627. The molecule has 0 saturated heterocycles. The van der Waals surface area contributed by atoms with E-state index in [-0.39, 0.29) is 5.78 Å². The van der Waals surface area contributed by atoms with Crippen LogP contribution in [0.4, 0.5) is 0 Å². The minimum atomic E-state index is 0.154. The van der Waals surface area contributed by atoms with Crippen LogP contribution >= 0.6 is 11.8 Å². The van der Waals surface area contributed by atoms with E-state index in [2.05, 4.69) is 14.8 Å². The summed E-state index contributed by atoms with van der Waals surface area (Å²) in [6.45, 7) is 4.00. The molecule has 0 radical (unpaired) electrons. The van der Waals surface area contributed by atoms with E-state index in [1.165, 1.54) is 24.6 Å². The van der Waals surface area contributed by atoms with Gasteiger partial charge in [-0.1, -0.05) is 11.8 Å². The van der Waals surface area contributed by atoms with Gasteiger partial charge in [0.05, 0.1) is 5.75 Å². The lowest BCUT2D eigenvalue weighted by molar-refractivity contribution is 0.102. The Kier molecular flexibility index (Phi) is 3.41. The van der Waals surface area contributed by atoms with Crippen molar-refractivity contribution in [2.45, 2.75) is 37.9 Å². The van der Waals surface area contributed by atoms with Crippen LogP contribution in [0.15, 0.2) is 17.6 Å². The fraction of sp³-hybridized carbons (Fsp3) is 0.500. The molecule has 0 unspecified atom stereocenters. The van der Waals surface area contributed by atoms with Gasteiger partial charge in [0.2, 0.25) is 0 Å². The van der Waals surface area contributed by atoms with Gasteiger partial charge in [-0.25, -0.2) is 0 Å². The predicted octanol–water partition coefficient (Wildman–Crippen LogP) is 2.54. The van der Waals surface area contributed by atoms with Crippen LogP contribution in [0.5, 0.6) is 0 Å². The number of carbonyl (C=O) groups excluding carboxylic acids is 1. The van der Waals surface area contributed by atoms with E-state index >= 15 is 0 Å². The summed E-state index contributed by atoms with van der Waals surface area (Å²) < 4.78 is 4.13. The monoisotopic (exact) mass is 290 g/mol. The molecule has 0 bridgehead atoms. The van der Waals surface area contributed by atoms with Gasteiger partial charge in [0.25, 0.3) is 0 Å². The first kappa shape index (κ1) is 13.4. The maximum absolute atomic E-state index is 12.3. The molecule has 0 aliphatic heterocycles. The molecule has 6 heteroatoms. The van der Waals surface area contributed by atoms with E-state index < -0.39 is 0 Å².